The molecule has 0 aliphatic heterocycles. The van der Waals surface area contributed by atoms with Crippen molar-refractivity contribution in [3.8, 4) is 0 Å². The van der Waals surface area contributed by atoms with Crippen LogP contribution in [0.1, 0.15) is 33.1 Å². The Bertz CT molecular complexity index is 107. The van der Waals surface area contributed by atoms with E-state index in [1.807, 2.05) is 21.6 Å². The Morgan fingerprint density at radius 1 is 1.50 bits per heavy atom. The van der Waals surface area contributed by atoms with Gasteiger partial charge in [0.1, 0.15) is 0 Å². The van der Waals surface area contributed by atoms with Crippen LogP contribution in [0, 0.1) is 0 Å². The Morgan fingerprint density at radius 2 is 2.10 bits per heavy atom. The van der Waals surface area contributed by atoms with Gasteiger partial charge in [-0.15, -0.1) is 0 Å². The molecule has 0 bridgehead atoms. The van der Waals surface area contributed by atoms with E-state index in [9.17, 15) is 0 Å². The molecule has 0 aromatic heterocycles. The van der Waals surface area contributed by atoms with E-state index < -0.39 is 0 Å². The summed E-state index contributed by atoms with van der Waals surface area (Å²) in [6.45, 7) is 4.48. The highest BCUT2D eigenvalue weighted by Gasteiger charge is 2.32. The summed E-state index contributed by atoms with van der Waals surface area (Å²) in [7, 11) is 3.91. The summed E-state index contributed by atoms with van der Waals surface area (Å²) >= 11 is 4.32. The number of thiol groups is 1. The second-order valence-electron chi connectivity index (χ2n) is 3.08. The normalized spacial score (nSPS) is 25.5. The van der Waals surface area contributed by atoms with Crippen LogP contribution in [0.15, 0.2) is 0 Å². The molecule has 0 aromatic carbocycles. The summed E-state index contributed by atoms with van der Waals surface area (Å²) in [6, 6.07) is 0. The maximum absolute atomic E-state index is 4.32. The smallest absolute Gasteiger partial charge is 0.0548 e. The van der Waals surface area contributed by atoms with Gasteiger partial charge in [0, 0.05) is 4.75 Å². The third kappa shape index (κ3) is 2.59. The fourth-order valence-corrected chi connectivity index (χ4v) is 3.77. The third-order valence-electron chi connectivity index (χ3n) is 1.80. The maximum atomic E-state index is 4.32. The lowest BCUT2D eigenvalue weighted by molar-refractivity contribution is 0.395. The quantitative estimate of drug-likeness (QED) is 0.414. The van der Waals surface area contributed by atoms with Crippen molar-refractivity contribution < 1.29 is 0 Å². The molecule has 0 heterocycles. The lowest BCUT2D eigenvalue weighted by atomic mass is 9.86. The second kappa shape index (κ2) is 3.63. The predicted molar refractivity (Wildman–Crippen MR) is 55.9 cm³/mol. The molecule has 0 radical (unpaired) electrons. The van der Waals surface area contributed by atoms with Gasteiger partial charge in [-0.1, -0.05) is 28.0 Å². The van der Waals surface area contributed by atoms with Gasteiger partial charge in [-0.25, -0.2) is 0 Å². The summed E-state index contributed by atoms with van der Waals surface area (Å²) in [5, 5.41) is 0. The van der Waals surface area contributed by atoms with Gasteiger partial charge in [0.25, 0.3) is 0 Å². The fourth-order valence-electron chi connectivity index (χ4n) is 0.944. The van der Waals surface area contributed by atoms with Crippen LogP contribution in [0.2, 0.25) is 0 Å². The zero-order chi connectivity index (χ0) is 7.61. The lowest BCUT2D eigenvalue weighted by Gasteiger charge is -2.37. The Balaban J connectivity index is 2.12. The van der Waals surface area contributed by atoms with E-state index in [-0.39, 0.29) is 0 Å². The molecule has 0 spiro atoms. The molecule has 1 aliphatic rings. The van der Waals surface area contributed by atoms with Crippen LogP contribution in [0.25, 0.3) is 0 Å². The van der Waals surface area contributed by atoms with Gasteiger partial charge < -0.3 is 0 Å². The summed E-state index contributed by atoms with van der Waals surface area (Å²) in [5.41, 5.74) is 0. The Hall–Kier alpha value is 1.05. The summed E-state index contributed by atoms with van der Waals surface area (Å²) < 4.78 is 1.06. The Morgan fingerprint density at radius 3 is 2.40 bits per heavy atom. The SMILES string of the molecule is CC(S)SSC1(C)CCC1. The Labute approximate surface area is 76.7 Å². The van der Waals surface area contributed by atoms with Crippen molar-refractivity contribution in [2.75, 3.05) is 0 Å². The molecule has 1 saturated carbocycles. The van der Waals surface area contributed by atoms with E-state index in [1.54, 1.807) is 0 Å². The molecular formula is C7H14S3. The van der Waals surface area contributed by atoms with Crippen molar-refractivity contribution in [2.24, 2.45) is 0 Å². The molecule has 1 aliphatic carbocycles. The van der Waals surface area contributed by atoms with E-state index in [0.29, 0.717) is 9.33 Å². The highest BCUT2D eigenvalue weighted by Crippen LogP contribution is 2.50. The standard InChI is InChI=1S/C7H14S3/c1-6(8)9-10-7(2)4-3-5-7/h6,8H,3-5H2,1-2H3. The average Bonchev–Trinajstić information content (AvgIpc) is 1.79. The lowest BCUT2D eigenvalue weighted by Crippen LogP contribution is -2.28. The van der Waals surface area contributed by atoms with Gasteiger partial charge >= 0.3 is 0 Å². The molecule has 1 atom stereocenters. The fraction of sp³-hybridized carbons (Fsp3) is 1.00. The van der Waals surface area contributed by atoms with E-state index in [0.717, 1.165) is 0 Å². The maximum Gasteiger partial charge on any atom is 0.0548 e. The monoisotopic (exact) mass is 194 g/mol. The van der Waals surface area contributed by atoms with Crippen molar-refractivity contribution in [3.63, 3.8) is 0 Å². The molecule has 0 amide bonds. The van der Waals surface area contributed by atoms with Crippen molar-refractivity contribution in [3.05, 3.63) is 0 Å². The molecule has 1 unspecified atom stereocenters. The minimum absolute atomic E-state index is 0.474. The van der Waals surface area contributed by atoms with E-state index in [4.69, 9.17) is 0 Å². The first kappa shape index (κ1) is 9.14. The minimum atomic E-state index is 0.474. The van der Waals surface area contributed by atoms with Crippen LogP contribution in [0.5, 0.6) is 0 Å². The van der Waals surface area contributed by atoms with Gasteiger partial charge in [0.15, 0.2) is 0 Å². The van der Waals surface area contributed by atoms with E-state index >= 15 is 0 Å². The van der Waals surface area contributed by atoms with Gasteiger partial charge in [-0.2, -0.15) is 12.6 Å². The van der Waals surface area contributed by atoms with Gasteiger partial charge in [-0.05, 0) is 26.7 Å². The number of hydrogen-bond acceptors (Lipinski definition) is 3. The summed E-state index contributed by atoms with van der Waals surface area (Å²) in [6.07, 6.45) is 4.21. The highest BCUT2D eigenvalue weighted by atomic mass is 33.1. The zero-order valence-electron chi connectivity index (χ0n) is 6.46. The van der Waals surface area contributed by atoms with Crippen molar-refractivity contribution in [1.29, 1.82) is 0 Å². The molecule has 60 valence electrons. The van der Waals surface area contributed by atoms with Crippen LogP contribution in [0.4, 0.5) is 0 Å². The average molecular weight is 194 g/mol. The highest BCUT2D eigenvalue weighted by molar-refractivity contribution is 8.78. The topological polar surface area (TPSA) is 0 Å². The molecule has 1 fully saturated rings. The van der Waals surface area contributed by atoms with Gasteiger partial charge in [-0.3, -0.25) is 0 Å². The molecule has 0 nitrogen and oxygen atoms in total. The van der Waals surface area contributed by atoms with Crippen LogP contribution in [-0.4, -0.2) is 9.33 Å². The van der Waals surface area contributed by atoms with Gasteiger partial charge in [0.2, 0.25) is 0 Å². The largest absolute Gasteiger partial charge is 0.164 e. The van der Waals surface area contributed by atoms with Crippen molar-refractivity contribution in [1.82, 2.24) is 0 Å². The minimum Gasteiger partial charge on any atom is -0.164 e. The van der Waals surface area contributed by atoms with Crippen LogP contribution in [-0.2, 0) is 0 Å². The van der Waals surface area contributed by atoms with Gasteiger partial charge in [0.05, 0.1) is 4.58 Å². The Kier molecular flexibility index (Phi) is 3.32. The molecule has 3 heteroatoms. The predicted octanol–water partition coefficient (Wildman–Crippen LogP) is 3.59. The van der Waals surface area contributed by atoms with Crippen molar-refractivity contribution in [2.45, 2.75) is 42.4 Å². The van der Waals surface area contributed by atoms with Crippen LogP contribution in [0.3, 0.4) is 0 Å². The molecule has 10 heavy (non-hydrogen) atoms. The van der Waals surface area contributed by atoms with Crippen LogP contribution < -0.4 is 0 Å². The first-order valence-electron chi connectivity index (χ1n) is 3.65. The second-order valence-corrected chi connectivity index (χ2v) is 7.34. The van der Waals surface area contributed by atoms with E-state index in [1.165, 1.54) is 19.3 Å². The summed E-state index contributed by atoms with van der Waals surface area (Å²) in [4.78, 5) is 0. The van der Waals surface area contributed by atoms with Crippen molar-refractivity contribution >= 4 is 34.2 Å². The first-order chi connectivity index (χ1) is 4.62. The molecule has 1 rings (SSSR count). The molecule has 0 saturated heterocycles. The molecular weight excluding hydrogens is 180 g/mol. The zero-order valence-corrected chi connectivity index (χ0v) is 8.99. The number of rotatable bonds is 3. The molecule has 0 N–H and O–H groups in total. The number of hydrogen-bond donors (Lipinski definition) is 1. The third-order valence-corrected chi connectivity index (χ3v) is 6.09. The molecule has 0 aromatic rings. The van der Waals surface area contributed by atoms with Crippen LogP contribution >= 0.6 is 34.2 Å². The first-order valence-corrected chi connectivity index (χ1v) is 6.38. The summed E-state index contributed by atoms with van der Waals surface area (Å²) in [5.74, 6) is 0. The van der Waals surface area contributed by atoms with E-state index in [2.05, 4.69) is 26.5 Å².